The second kappa shape index (κ2) is 4.82. The Morgan fingerprint density at radius 1 is 1.56 bits per heavy atom. The van der Waals surface area contributed by atoms with Crippen molar-refractivity contribution in [1.29, 1.82) is 0 Å². The number of hydrogen-bond acceptors (Lipinski definition) is 3. The maximum absolute atomic E-state index is 11.9. The van der Waals surface area contributed by atoms with Crippen LogP contribution in [0.4, 0.5) is 0 Å². The minimum absolute atomic E-state index is 0.0739. The third kappa shape index (κ3) is 2.72. The summed E-state index contributed by atoms with van der Waals surface area (Å²) in [6.07, 6.45) is 1.19. The average Bonchev–Trinajstić information content (AvgIpc) is 2.64. The van der Waals surface area contributed by atoms with Crippen LogP contribution in [-0.2, 0) is 9.59 Å². The molecule has 16 heavy (non-hydrogen) atoms. The van der Waals surface area contributed by atoms with E-state index >= 15 is 0 Å². The lowest BCUT2D eigenvalue weighted by Gasteiger charge is -2.26. The minimum Gasteiger partial charge on any atom is -0.480 e. The molecule has 0 aliphatic carbocycles. The molecule has 1 aliphatic heterocycles. The molecule has 1 heterocycles. The number of nitrogens with zero attached hydrogens (tertiary/aromatic N) is 1. The zero-order chi connectivity index (χ0) is 12.3. The van der Waals surface area contributed by atoms with Gasteiger partial charge >= 0.3 is 5.97 Å². The summed E-state index contributed by atoms with van der Waals surface area (Å²) in [5.41, 5.74) is -1.14. The molecular weight excluding hydrogens is 208 g/mol. The Labute approximate surface area is 95.8 Å². The van der Waals surface area contributed by atoms with Crippen molar-refractivity contribution in [3.05, 3.63) is 0 Å². The van der Waals surface area contributed by atoms with Gasteiger partial charge in [0.15, 0.2) is 0 Å². The van der Waals surface area contributed by atoms with Crippen molar-refractivity contribution < 1.29 is 14.7 Å². The number of hydrogen-bond donors (Lipinski definition) is 2. The largest absolute Gasteiger partial charge is 0.480 e. The van der Waals surface area contributed by atoms with Gasteiger partial charge in [-0.15, -0.1) is 0 Å². The number of carbonyl (C=O) groups excluding carboxylic acids is 1. The Kier molecular flexibility index (Phi) is 3.91. The number of nitrogens with one attached hydrogen (secondary N) is 1. The van der Waals surface area contributed by atoms with E-state index in [0.717, 1.165) is 13.0 Å². The summed E-state index contributed by atoms with van der Waals surface area (Å²) in [4.78, 5) is 25.0. The van der Waals surface area contributed by atoms with E-state index in [4.69, 9.17) is 5.11 Å². The molecule has 5 nitrogen and oxygen atoms in total. The Balaban J connectivity index is 2.59. The number of carboxylic acid groups (broad SMARTS) is 1. The van der Waals surface area contributed by atoms with E-state index < -0.39 is 11.5 Å². The van der Waals surface area contributed by atoms with Crippen LogP contribution >= 0.6 is 0 Å². The summed E-state index contributed by atoms with van der Waals surface area (Å²) < 4.78 is 0. The Hall–Kier alpha value is -1.10. The first-order chi connectivity index (χ1) is 7.39. The highest BCUT2D eigenvalue weighted by atomic mass is 16.4. The van der Waals surface area contributed by atoms with Crippen LogP contribution in [0, 0.1) is 5.92 Å². The van der Waals surface area contributed by atoms with Crippen LogP contribution < -0.4 is 5.32 Å². The van der Waals surface area contributed by atoms with Gasteiger partial charge in [-0.25, -0.2) is 4.79 Å². The molecule has 1 aliphatic rings. The molecule has 0 radical (unpaired) electrons. The summed E-state index contributed by atoms with van der Waals surface area (Å²) in [6.45, 7) is 4.92. The molecule has 0 aromatic heterocycles. The van der Waals surface area contributed by atoms with Crippen molar-refractivity contribution in [2.45, 2.75) is 32.2 Å². The fourth-order valence-corrected chi connectivity index (χ4v) is 1.82. The second-order valence-electron chi connectivity index (χ2n) is 4.73. The number of carboxylic acids is 1. The highest BCUT2D eigenvalue weighted by molar-refractivity contribution is 5.87. The van der Waals surface area contributed by atoms with E-state index in [9.17, 15) is 9.59 Å². The SMILES string of the molecule is CCC(C)(NC(=O)C1CCN(C)C1)C(=O)O. The number of amides is 1. The van der Waals surface area contributed by atoms with Gasteiger partial charge in [0.2, 0.25) is 5.91 Å². The number of carbonyl (C=O) groups is 2. The summed E-state index contributed by atoms with van der Waals surface area (Å²) in [5.74, 6) is -1.19. The van der Waals surface area contributed by atoms with Crippen LogP contribution in [0.5, 0.6) is 0 Å². The quantitative estimate of drug-likeness (QED) is 0.726. The van der Waals surface area contributed by atoms with Gasteiger partial charge < -0.3 is 15.3 Å². The van der Waals surface area contributed by atoms with E-state index in [-0.39, 0.29) is 11.8 Å². The predicted molar refractivity (Wildman–Crippen MR) is 60.1 cm³/mol. The van der Waals surface area contributed by atoms with Crippen LogP contribution in [0.1, 0.15) is 26.7 Å². The molecule has 2 atom stereocenters. The molecule has 1 fully saturated rings. The van der Waals surface area contributed by atoms with Crippen LogP contribution in [0.2, 0.25) is 0 Å². The van der Waals surface area contributed by atoms with Crippen molar-refractivity contribution in [2.75, 3.05) is 20.1 Å². The molecular formula is C11H20N2O3. The van der Waals surface area contributed by atoms with Crippen molar-refractivity contribution in [2.24, 2.45) is 5.92 Å². The predicted octanol–water partition coefficient (Wildman–Crippen LogP) is 0.308. The van der Waals surface area contributed by atoms with Gasteiger partial charge in [-0.1, -0.05) is 6.92 Å². The molecule has 1 rings (SSSR count). The molecule has 92 valence electrons. The lowest BCUT2D eigenvalue weighted by Crippen LogP contribution is -2.53. The highest BCUT2D eigenvalue weighted by Crippen LogP contribution is 2.17. The Morgan fingerprint density at radius 2 is 2.19 bits per heavy atom. The highest BCUT2D eigenvalue weighted by Gasteiger charge is 2.36. The van der Waals surface area contributed by atoms with E-state index in [1.54, 1.807) is 13.8 Å². The molecule has 0 bridgehead atoms. The number of rotatable bonds is 4. The molecule has 0 aromatic carbocycles. The average molecular weight is 228 g/mol. The second-order valence-corrected chi connectivity index (χ2v) is 4.73. The van der Waals surface area contributed by atoms with Crippen LogP contribution in [0.15, 0.2) is 0 Å². The molecule has 5 heteroatoms. The first-order valence-electron chi connectivity index (χ1n) is 5.63. The monoisotopic (exact) mass is 228 g/mol. The standard InChI is InChI=1S/C11H20N2O3/c1-4-11(2,10(15)16)12-9(14)8-5-6-13(3)7-8/h8H,4-7H2,1-3H3,(H,12,14)(H,15,16). The maximum atomic E-state index is 11.9. The van der Waals surface area contributed by atoms with E-state index in [0.29, 0.717) is 13.0 Å². The normalized spacial score (nSPS) is 25.1. The van der Waals surface area contributed by atoms with Gasteiger partial charge in [-0.2, -0.15) is 0 Å². The van der Waals surface area contributed by atoms with Gasteiger partial charge in [0, 0.05) is 6.54 Å². The zero-order valence-electron chi connectivity index (χ0n) is 10.1. The van der Waals surface area contributed by atoms with Gasteiger partial charge in [0.05, 0.1) is 5.92 Å². The fraction of sp³-hybridized carbons (Fsp3) is 0.818. The molecule has 2 unspecified atom stereocenters. The van der Waals surface area contributed by atoms with Gasteiger partial charge in [0.1, 0.15) is 5.54 Å². The molecule has 0 saturated carbocycles. The molecule has 1 amide bonds. The maximum Gasteiger partial charge on any atom is 0.329 e. The van der Waals surface area contributed by atoms with Crippen molar-refractivity contribution >= 4 is 11.9 Å². The first kappa shape index (κ1) is 13.0. The van der Waals surface area contributed by atoms with Crippen molar-refractivity contribution in [1.82, 2.24) is 10.2 Å². The van der Waals surface area contributed by atoms with Crippen LogP contribution in [0.25, 0.3) is 0 Å². The van der Waals surface area contributed by atoms with Crippen LogP contribution in [0.3, 0.4) is 0 Å². The third-order valence-corrected chi connectivity index (χ3v) is 3.34. The van der Waals surface area contributed by atoms with Crippen LogP contribution in [-0.4, -0.2) is 47.6 Å². The summed E-state index contributed by atoms with van der Waals surface area (Å²) in [5, 5.41) is 11.7. The molecule has 1 saturated heterocycles. The topological polar surface area (TPSA) is 69.6 Å². The Morgan fingerprint density at radius 3 is 2.56 bits per heavy atom. The summed E-state index contributed by atoms with van der Waals surface area (Å²) in [7, 11) is 1.96. The van der Waals surface area contributed by atoms with E-state index in [1.165, 1.54) is 0 Å². The number of aliphatic carboxylic acids is 1. The molecule has 0 spiro atoms. The number of likely N-dealkylation sites (tertiary alicyclic amines) is 1. The molecule has 0 aromatic rings. The summed E-state index contributed by atoms with van der Waals surface area (Å²) in [6, 6.07) is 0. The lowest BCUT2D eigenvalue weighted by atomic mass is 9.97. The van der Waals surface area contributed by atoms with Gasteiger partial charge in [-0.3, -0.25) is 4.79 Å². The minimum atomic E-state index is -1.14. The van der Waals surface area contributed by atoms with E-state index in [1.807, 2.05) is 7.05 Å². The van der Waals surface area contributed by atoms with Gasteiger partial charge in [0.25, 0.3) is 0 Å². The Bertz CT molecular complexity index is 293. The zero-order valence-corrected chi connectivity index (χ0v) is 10.1. The fourth-order valence-electron chi connectivity index (χ4n) is 1.82. The van der Waals surface area contributed by atoms with Gasteiger partial charge in [-0.05, 0) is 33.4 Å². The summed E-state index contributed by atoms with van der Waals surface area (Å²) >= 11 is 0. The third-order valence-electron chi connectivity index (χ3n) is 3.34. The van der Waals surface area contributed by atoms with Crippen molar-refractivity contribution in [3.8, 4) is 0 Å². The van der Waals surface area contributed by atoms with Crippen molar-refractivity contribution in [3.63, 3.8) is 0 Å². The van der Waals surface area contributed by atoms with E-state index in [2.05, 4.69) is 10.2 Å². The first-order valence-corrected chi connectivity index (χ1v) is 5.63. The smallest absolute Gasteiger partial charge is 0.329 e. The molecule has 2 N–H and O–H groups in total. The lowest BCUT2D eigenvalue weighted by molar-refractivity contribution is -0.147.